The van der Waals surface area contributed by atoms with E-state index in [0.29, 0.717) is 12.0 Å². The van der Waals surface area contributed by atoms with Gasteiger partial charge in [0.15, 0.2) is 10.9 Å². The van der Waals surface area contributed by atoms with Crippen LogP contribution in [0.2, 0.25) is 0 Å². The average Bonchev–Trinajstić information content (AvgIpc) is 2.99. The smallest absolute Gasteiger partial charge is 0.166 e. The molecule has 5 heteroatoms. The molecule has 0 unspecified atom stereocenters. The maximum Gasteiger partial charge on any atom is 0.166 e. The lowest BCUT2D eigenvalue weighted by atomic mass is 9.81. The van der Waals surface area contributed by atoms with Gasteiger partial charge in [-0.2, -0.15) is 0 Å². The van der Waals surface area contributed by atoms with Crippen molar-refractivity contribution in [1.29, 1.82) is 0 Å². The minimum atomic E-state index is 0.526. The lowest BCUT2D eigenvalue weighted by molar-refractivity contribution is -0.974. The van der Waals surface area contributed by atoms with Crippen LogP contribution in [0, 0.1) is 5.92 Å². The standard InChI is InChI=1S/C18H29N3OS/c1-13(2)11-19-18(23)20-14-9-15-5-3-6-16(10-14)21(15)12-17-7-4-8-22-17/h4,7-8,13-16H,3,5-6,9-12H2,1-2H3,(H2,19,20,23)/p+1/t15-,16-/m1/s1. The Morgan fingerprint density at radius 1 is 1.35 bits per heavy atom. The van der Waals surface area contributed by atoms with Gasteiger partial charge in [-0.25, -0.2) is 0 Å². The number of fused-ring (bicyclic) bond motifs is 2. The largest absolute Gasteiger partial charge is 0.463 e. The Kier molecular flexibility index (Phi) is 5.59. The van der Waals surface area contributed by atoms with Crippen molar-refractivity contribution in [2.75, 3.05) is 6.54 Å². The third-order valence-electron chi connectivity index (χ3n) is 5.26. The lowest BCUT2D eigenvalue weighted by Crippen LogP contribution is -3.20. The summed E-state index contributed by atoms with van der Waals surface area (Å²) in [5, 5.41) is 7.74. The molecule has 3 heterocycles. The lowest BCUT2D eigenvalue weighted by Gasteiger charge is -2.45. The Labute approximate surface area is 145 Å². The first-order chi connectivity index (χ1) is 11.1. The predicted octanol–water partition coefficient (Wildman–Crippen LogP) is 1.87. The third-order valence-corrected chi connectivity index (χ3v) is 5.52. The Morgan fingerprint density at radius 3 is 2.70 bits per heavy atom. The molecule has 3 rings (SSSR count). The molecular weight excluding hydrogens is 306 g/mol. The highest BCUT2D eigenvalue weighted by molar-refractivity contribution is 7.80. The van der Waals surface area contributed by atoms with Gasteiger partial charge in [-0.05, 0) is 49.5 Å². The summed E-state index contributed by atoms with van der Waals surface area (Å²) in [4.78, 5) is 1.73. The number of hydrogen-bond acceptors (Lipinski definition) is 2. The number of piperidine rings is 2. The molecule has 2 bridgehead atoms. The second kappa shape index (κ2) is 7.67. The molecule has 0 saturated carbocycles. The van der Waals surface area contributed by atoms with E-state index in [-0.39, 0.29) is 0 Å². The van der Waals surface area contributed by atoms with E-state index in [0.717, 1.165) is 36.0 Å². The Balaban J connectivity index is 1.54. The first kappa shape index (κ1) is 16.8. The second-order valence-corrected chi connectivity index (χ2v) is 7.98. The van der Waals surface area contributed by atoms with Crippen molar-refractivity contribution in [3.8, 4) is 0 Å². The molecule has 23 heavy (non-hydrogen) atoms. The molecule has 128 valence electrons. The normalized spacial score (nSPS) is 30.2. The molecule has 0 amide bonds. The summed E-state index contributed by atoms with van der Waals surface area (Å²) < 4.78 is 5.58. The van der Waals surface area contributed by atoms with Crippen molar-refractivity contribution in [2.45, 2.75) is 70.6 Å². The maximum absolute atomic E-state index is 5.58. The summed E-state index contributed by atoms with van der Waals surface area (Å²) in [5.74, 6) is 1.74. The van der Waals surface area contributed by atoms with Crippen LogP contribution in [0.4, 0.5) is 0 Å². The van der Waals surface area contributed by atoms with Gasteiger partial charge in [-0.3, -0.25) is 0 Å². The zero-order chi connectivity index (χ0) is 16.2. The quantitative estimate of drug-likeness (QED) is 0.718. The van der Waals surface area contributed by atoms with Gasteiger partial charge in [0.25, 0.3) is 0 Å². The number of rotatable bonds is 5. The third kappa shape index (κ3) is 4.48. The Bertz CT molecular complexity index is 488. The first-order valence-electron chi connectivity index (χ1n) is 9.04. The van der Waals surface area contributed by atoms with Gasteiger partial charge in [0.05, 0.1) is 18.3 Å². The molecular formula is C18H30N3OS+. The van der Waals surface area contributed by atoms with Crippen molar-refractivity contribution in [1.82, 2.24) is 10.6 Å². The van der Waals surface area contributed by atoms with Crippen LogP contribution < -0.4 is 15.5 Å². The van der Waals surface area contributed by atoms with Crippen LogP contribution in [0.25, 0.3) is 0 Å². The van der Waals surface area contributed by atoms with E-state index in [1.165, 1.54) is 32.1 Å². The number of thiocarbonyl (C=S) groups is 1. The molecule has 3 N–H and O–H groups in total. The van der Waals surface area contributed by atoms with Crippen LogP contribution in [0.3, 0.4) is 0 Å². The number of nitrogens with one attached hydrogen (secondary N) is 3. The molecule has 0 radical (unpaired) electrons. The number of hydrogen-bond donors (Lipinski definition) is 3. The summed E-state index contributed by atoms with van der Waals surface area (Å²) >= 11 is 5.46. The van der Waals surface area contributed by atoms with E-state index in [2.05, 4.69) is 30.5 Å². The van der Waals surface area contributed by atoms with Crippen LogP contribution in [0.15, 0.2) is 22.8 Å². The highest BCUT2D eigenvalue weighted by Crippen LogP contribution is 2.22. The summed E-state index contributed by atoms with van der Waals surface area (Å²) in [6.45, 7) is 6.39. The summed E-state index contributed by atoms with van der Waals surface area (Å²) in [6.07, 6.45) is 8.26. The van der Waals surface area contributed by atoms with Gasteiger partial charge in [-0.15, -0.1) is 0 Å². The van der Waals surface area contributed by atoms with Crippen molar-refractivity contribution in [3.05, 3.63) is 24.2 Å². The van der Waals surface area contributed by atoms with E-state index in [9.17, 15) is 0 Å². The van der Waals surface area contributed by atoms with E-state index in [4.69, 9.17) is 16.6 Å². The van der Waals surface area contributed by atoms with Crippen LogP contribution >= 0.6 is 12.2 Å². The summed E-state index contributed by atoms with van der Waals surface area (Å²) in [7, 11) is 0. The molecule has 2 aliphatic heterocycles. The molecule has 2 aliphatic rings. The van der Waals surface area contributed by atoms with Gasteiger partial charge in [0.1, 0.15) is 6.54 Å². The SMILES string of the molecule is CC(C)CNC(=S)NC1C[C@H]2CCC[C@H](C1)[NH+]2Cc1ccco1. The van der Waals surface area contributed by atoms with Crippen LogP contribution in [0.5, 0.6) is 0 Å². The van der Waals surface area contributed by atoms with Crippen LogP contribution in [-0.4, -0.2) is 29.8 Å². The Hall–Kier alpha value is -1.07. The zero-order valence-corrected chi connectivity index (χ0v) is 15.1. The van der Waals surface area contributed by atoms with Crippen LogP contribution in [-0.2, 0) is 6.54 Å². The van der Waals surface area contributed by atoms with E-state index >= 15 is 0 Å². The predicted molar refractivity (Wildman–Crippen MR) is 96.4 cm³/mol. The van der Waals surface area contributed by atoms with Gasteiger partial charge in [0.2, 0.25) is 0 Å². The maximum atomic E-state index is 5.58. The molecule has 2 atom stereocenters. The van der Waals surface area contributed by atoms with Crippen molar-refractivity contribution in [3.63, 3.8) is 0 Å². The highest BCUT2D eigenvalue weighted by Gasteiger charge is 2.42. The van der Waals surface area contributed by atoms with Crippen molar-refractivity contribution < 1.29 is 9.32 Å². The van der Waals surface area contributed by atoms with Crippen molar-refractivity contribution >= 4 is 17.3 Å². The number of quaternary nitrogens is 1. The summed E-state index contributed by atoms with van der Waals surface area (Å²) in [5.41, 5.74) is 0. The Morgan fingerprint density at radius 2 is 2.09 bits per heavy atom. The molecule has 4 nitrogen and oxygen atoms in total. The number of furan rings is 1. The van der Waals surface area contributed by atoms with Gasteiger partial charge in [0, 0.05) is 25.4 Å². The fourth-order valence-electron chi connectivity index (χ4n) is 4.19. The highest BCUT2D eigenvalue weighted by atomic mass is 32.1. The fraction of sp³-hybridized carbons (Fsp3) is 0.722. The molecule has 0 aromatic carbocycles. The molecule has 1 aromatic rings. The monoisotopic (exact) mass is 336 g/mol. The van der Waals surface area contributed by atoms with Crippen molar-refractivity contribution in [2.24, 2.45) is 5.92 Å². The second-order valence-electron chi connectivity index (χ2n) is 7.57. The van der Waals surface area contributed by atoms with E-state index in [1.807, 2.05) is 6.07 Å². The van der Waals surface area contributed by atoms with E-state index < -0.39 is 0 Å². The molecule has 1 aromatic heterocycles. The van der Waals surface area contributed by atoms with Gasteiger partial charge in [-0.1, -0.05) is 13.8 Å². The molecule has 2 fully saturated rings. The van der Waals surface area contributed by atoms with Crippen LogP contribution in [0.1, 0.15) is 51.7 Å². The molecule has 0 spiro atoms. The summed E-state index contributed by atoms with van der Waals surface area (Å²) in [6, 6.07) is 6.10. The molecule has 2 saturated heterocycles. The first-order valence-corrected chi connectivity index (χ1v) is 9.45. The zero-order valence-electron chi connectivity index (χ0n) is 14.3. The molecule has 0 aliphatic carbocycles. The van der Waals surface area contributed by atoms with Gasteiger partial charge < -0.3 is 20.0 Å². The minimum Gasteiger partial charge on any atom is -0.463 e. The van der Waals surface area contributed by atoms with E-state index in [1.54, 1.807) is 11.2 Å². The van der Waals surface area contributed by atoms with Gasteiger partial charge >= 0.3 is 0 Å². The average molecular weight is 337 g/mol. The topological polar surface area (TPSA) is 41.6 Å². The minimum absolute atomic E-state index is 0.526. The fourth-order valence-corrected chi connectivity index (χ4v) is 4.44.